The fourth-order valence-corrected chi connectivity index (χ4v) is 3.08. The van der Waals surface area contributed by atoms with Crippen LogP contribution in [0.3, 0.4) is 0 Å². The van der Waals surface area contributed by atoms with Crippen molar-refractivity contribution in [3.63, 3.8) is 0 Å². The highest BCUT2D eigenvalue weighted by Gasteiger charge is 2.20. The van der Waals surface area contributed by atoms with Gasteiger partial charge in [0.15, 0.2) is 0 Å². The number of carboxylic acid groups (broad SMARTS) is 1. The first kappa shape index (κ1) is 16.4. The fourth-order valence-electron chi connectivity index (χ4n) is 3.08. The van der Waals surface area contributed by atoms with E-state index in [9.17, 15) is 0 Å². The number of hydrogen-bond donors (Lipinski definition) is 2. The number of likely N-dealkylation sites (tertiary alicyclic amines) is 1. The van der Waals surface area contributed by atoms with Gasteiger partial charge in [0, 0.05) is 6.04 Å². The van der Waals surface area contributed by atoms with Gasteiger partial charge in [0.05, 0.1) is 0 Å². The number of rotatable bonds is 2. The van der Waals surface area contributed by atoms with E-state index in [0.29, 0.717) is 0 Å². The predicted molar refractivity (Wildman–Crippen MR) is 76.3 cm³/mol. The van der Waals surface area contributed by atoms with Crippen molar-refractivity contribution >= 4 is 5.97 Å². The first-order valence-corrected chi connectivity index (χ1v) is 7.80. The lowest BCUT2D eigenvalue weighted by Crippen LogP contribution is -2.35. The molecule has 1 aliphatic carbocycles. The van der Waals surface area contributed by atoms with Crippen LogP contribution in [0.2, 0.25) is 0 Å². The van der Waals surface area contributed by atoms with Crippen molar-refractivity contribution in [2.24, 2.45) is 0 Å². The van der Waals surface area contributed by atoms with Crippen molar-refractivity contribution in [1.82, 2.24) is 4.90 Å². The molecule has 4 nitrogen and oxygen atoms in total. The van der Waals surface area contributed by atoms with Crippen molar-refractivity contribution < 1.29 is 15.0 Å². The second-order valence-corrected chi connectivity index (χ2v) is 5.65. The Balaban J connectivity index is 0.000000312. The predicted octanol–water partition coefficient (Wildman–Crippen LogP) is 2.65. The van der Waals surface area contributed by atoms with E-state index < -0.39 is 12.6 Å². The number of carboxylic acids is 1. The highest BCUT2D eigenvalue weighted by molar-refractivity contribution is 5.67. The monoisotopic (exact) mass is 271 g/mol. The van der Waals surface area contributed by atoms with Crippen LogP contribution in [0.5, 0.6) is 0 Å². The highest BCUT2D eigenvalue weighted by atomic mass is 16.4. The summed E-state index contributed by atoms with van der Waals surface area (Å²) in [5, 5.41) is 15.0. The third kappa shape index (κ3) is 7.53. The summed E-state index contributed by atoms with van der Waals surface area (Å²) in [7, 11) is 0. The van der Waals surface area contributed by atoms with E-state index >= 15 is 0 Å². The van der Waals surface area contributed by atoms with Crippen molar-refractivity contribution in [3.8, 4) is 0 Å². The van der Waals surface area contributed by atoms with E-state index in [4.69, 9.17) is 15.0 Å². The quantitative estimate of drug-likeness (QED) is 0.758. The first-order chi connectivity index (χ1) is 9.24. The molecular weight excluding hydrogens is 242 g/mol. The summed E-state index contributed by atoms with van der Waals surface area (Å²) in [6.45, 7) is 2.01. The van der Waals surface area contributed by atoms with Crippen molar-refractivity contribution in [3.05, 3.63) is 0 Å². The molecule has 2 rings (SSSR count). The molecule has 0 atom stereocenters. The summed E-state index contributed by atoms with van der Waals surface area (Å²) < 4.78 is 0. The van der Waals surface area contributed by atoms with Crippen LogP contribution >= 0.6 is 0 Å². The van der Waals surface area contributed by atoms with Crippen LogP contribution in [0.25, 0.3) is 0 Å². The average molecular weight is 271 g/mol. The van der Waals surface area contributed by atoms with E-state index in [0.717, 1.165) is 6.04 Å². The molecule has 0 unspecified atom stereocenters. The van der Waals surface area contributed by atoms with Crippen molar-refractivity contribution in [2.75, 3.05) is 19.7 Å². The lowest BCUT2D eigenvalue weighted by Gasteiger charge is -2.29. The smallest absolute Gasteiger partial charge is 0.329 e. The number of aliphatic carboxylic acids is 1. The molecule has 0 radical (unpaired) electrons. The second-order valence-electron chi connectivity index (χ2n) is 5.65. The van der Waals surface area contributed by atoms with Crippen LogP contribution in [-0.2, 0) is 4.79 Å². The molecule has 1 aliphatic heterocycles. The largest absolute Gasteiger partial charge is 0.480 e. The number of carbonyl (C=O) groups is 1. The van der Waals surface area contributed by atoms with Crippen LogP contribution in [0.1, 0.15) is 64.2 Å². The number of aliphatic hydroxyl groups is 1. The molecule has 0 amide bonds. The molecule has 1 heterocycles. The van der Waals surface area contributed by atoms with Gasteiger partial charge in [-0.3, -0.25) is 0 Å². The Morgan fingerprint density at radius 2 is 1.32 bits per heavy atom. The third-order valence-electron chi connectivity index (χ3n) is 4.12. The van der Waals surface area contributed by atoms with E-state index in [1.165, 1.54) is 77.3 Å². The summed E-state index contributed by atoms with van der Waals surface area (Å²) in [6.07, 6.45) is 14.8. The van der Waals surface area contributed by atoms with Gasteiger partial charge in [-0.15, -0.1) is 0 Å². The highest BCUT2D eigenvalue weighted by Crippen LogP contribution is 2.24. The minimum atomic E-state index is -1.19. The summed E-state index contributed by atoms with van der Waals surface area (Å²) >= 11 is 0. The van der Waals surface area contributed by atoms with Gasteiger partial charge in [0.25, 0.3) is 0 Å². The second kappa shape index (κ2) is 10.2. The zero-order valence-corrected chi connectivity index (χ0v) is 12.0. The molecule has 2 N–H and O–H groups in total. The SMILES string of the molecule is C1CCCC(N2CCCCCC2)CC1.O=C(O)CO. The molecule has 2 aliphatic rings. The first-order valence-electron chi connectivity index (χ1n) is 7.80. The van der Waals surface area contributed by atoms with Gasteiger partial charge in [0.2, 0.25) is 0 Å². The molecule has 2 fully saturated rings. The van der Waals surface area contributed by atoms with Gasteiger partial charge in [-0.25, -0.2) is 4.79 Å². The molecule has 0 aromatic heterocycles. The Morgan fingerprint density at radius 1 is 0.895 bits per heavy atom. The topological polar surface area (TPSA) is 60.8 Å². The van der Waals surface area contributed by atoms with E-state index in [-0.39, 0.29) is 0 Å². The third-order valence-corrected chi connectivity index (χ3v) is 4.12. The number of aliphatic hydroxyl groups excluding tert-OH is 1. The van der Waals surface area contributed by atoms with Gasteiger partial charge in [0.1, 0.15) is 6.61 Å². The summed E-state index contributed by atoms with van der Waals surface area (Å²) in [5.74, 6) is -1.19. The minimum absolute atomic E-state index is 0.778. The van der Waals surface area contributed by atoms with Crippen LogP contribution in [0.15, 0.2) is 0 Å². The minimum Gasteiger partial charge on any atom is -0.480 e. The van der Waals surface area contributed by atoms with Gasteiger partial charge in [-0.1, -0.05) is 38.5 Å². The zero-order valence-electron chi connectivity index (χ0n) is 12.0. The zero-order chi connectivity index (χ0) is 13.9. The Kier molecular flexibility index (Phi) is 8.84. The Bertz CT molecular complexity index is 212. The van der Waals surface area contributed by atoms with Gasteiger partial charge in [-0.05, 0) is 38.8 Å². The maximum atomic E-state index is 9.12. The maximum Gasteiger partial charge on any atom is 0.329 e. The van der Waals surface area contributed by atoms with E-state index in [1.807, 2.05) is 0 Å². The van der Waals surface area contributed by atoms with E-state index in [2.05, 4.69) is 4.90 Å². The molecule has 0 bridgehead atoms. The van der Waals surface area contributed by atoms with Crippen LogP contribution in [0.4, 0.5) is 0 Å². The van der Waals surface area contributed by atoms with Crippen molar-refractivity contribution in [1.29, 1.82) is 0 Å². The molecule has 112 valence electrons. The molecule has 1 saturated heterocycles. The van der Waals surface area contributed by atoms with Gasteiger partial charge in [-0.2, -0.15) is 0 Å². The molecular formula is C15H29NO3. The van der Waals surface area contributed by atoms with E-state index in [1.54, 1.807) is 0 Å². The number of nitrogens with zero attached hydrogens (tertiary/aromatic N) is 1. The Morgan fingerprint density at radius 3 is 1.74 bits per heavy atom. The van der Waals surface area contributed by atoms with Crippen molar-refractivity contribution in [2.45, 2.75) is 70.3 Å². The van der Waals surface area contributed by atoms with Gasteiger partial charge < -0.3 is 15.1 Å². The summed E-state index contributed by atoms with van der Waals surface area (Å²) in [5.41, 5.74) is 0. The van der Waals surface area contributed by atoms with Crippen LogP contribution in [0, 0.1) is 0 Å². The van der Waals surface area contributed by atoms with Crippen LogP contribution in [-0.4, -0.2) is 46.8 Å². The molecule has 4 heteroatoms. The normalized spacial score (nSPS) is 22.8. The lowest BCUT2D eigenvalue weighted by molar-refractivity contribution is -0.140. The standard InChI is InChI=1S/C13H25N.C2H4O3/c1-2-6-10-13(9-5-1)14-11-7-3-4-8-12-14;3-1-2(4)5/h13H,1-12H2;3H,1H2,(H,4,5). The van der Waals surface area contributed by atoms with Gasteiger partial charge >= 0.3 is 5.97 Å². The lowest BCUT2D eigenvalue weighted by atomic mass is 10.1. The molecule has 19 heavy (non-hydrogen) atoms. The molecule has 0 aromatic carbocycles. The van der Waals surface area contributed by atoms with Crippen LogP contribution < -0.4 is 0 Å². The Labute approximate surface area is 116 Å². The molecule has 1 saturated carbocycles. The molecule has 0 spiro atoms. The molecule has 0 aromatic rings. The average Bonchev–Trinajstić information content (AvgIpc) is 2.83. The summed E-state index contributed by atoms with van der Waals surface area (Å²) in [4.78, 5) is 11.9. The maximum absolute atomic E-state index is 9.12. The Hall–Kier alpha value is -0.610. The fraction of sp³-hybridized carbons (Fsp3) is 0.933. The number of hydrogen-bond acceptors (Lipinski definition) is 3. The summed E-state index contributed by atoms with van der Waals surface area (Å²) in [6, 6.07) is 0.954.